The summed E-state index contributed by atoms with van der Waals surface area (Å²) in [6.07, 6.45) is 7.15. The van der Waals surface area contributed by atoms with Crippen LogP contribution in [0.3, 0.4) is 0 Å². The standard InChI is InChI=1S/C18H16N6O/c1-22(2)18(25)16-14-7-4-6-10-24(14)17(21-16)13-11-23(12-20-13)15-8-3-5-9-19-15/h3-12H,1-2H3. The molecule has 4 rings (SSSR count). The van der Waals surface area contributed by atoms with Crippen LogP contribution in [-0.2, 0) is 0 Å². The lowest BCUT2D eigenvalue weighted by atomic mass is 10.3. The monoisotopic (exact) mass is 332 g/mol. The molecule has 124 valence electrons. The van der Waals surface area contributed by atoms with Crippen molar-refractivity contribution in [3.63, 3.8) is 0 Å². The normalized spacial score (nSPS) is 11.0. The summed E-state index contributed by atoms with van der Waals surface area (Å²) in [6.45, 7) is 0. The molecule has 1 amide bonds. The smallest absolute Gasteiger partial charge is 0.274 e. The number of imidazole rings is 2. The molecule has 4 heterocycles. The van der Waals surface area contributed by atoms with Crippen LogP contribution in [0.1, 0.15) is 10.5 Å². The van der Waals surface area contributed by atoms with E-state index in [1.54, 1.807) is 26.6 Å². The largest absolute Gasteiger partial charge is 0.343 e. The van der Waals surface area contributed by atoms with E-state index < -0.39 is 0 Å². The molecule has 0 bridgehead atoms. The molecular formula is C18H16N6O. The fourth-order valence-electron chi connectivity index (χ4n) is 2.66. The predicted molar refractivity (Wildman–Crippen MR) is 93.6 cm³/mol. The van der Waals surface area contributed by atoms with E-state index in [0.717, 1.165) is 11.3 Å². The molecule has 0 atom stereocenters. The van der Waals surface area contributed by atoms with Crippen LogP contribution in [0.2, 0.25) is 0 Å². The van der Waals surface area contributed by atoms with E-state index in [1.807, 2.05) is 57.8 Å². The highest BCUT2D eigenvalue weighted by atomic mass is 16.2. The second kappa shape index (κ2) is 5.86. The van der Waals surface area contributed by atoms with E-state index in [-0.39, 0.29) is 5.91 Å². The molecule has 0 radical (unpaired) electrons. The SMILES string of the molecule is CN(C)C(=O)c1nc(-c2cn(-c3ccccn3)cn2)n2ccccc12. The summed E-state index contributed by atoms with van der Waals surface area (Å²) in [5, 5.41) is 0. The first-order valence-electron chi connectivity index (χ1n) is 7.79. The molecule has 7 heteroatoms. The zero-order valence-electron chi connectivity index (χ0n) is 13.9. The van der Waals surface area contributed by atoms with Gasteiger partial charge in [-0.05, 0) is 24.3 Å². The average molecular weight is 332 g/mol. The summed E-state index contributed by atoms with van der Waals surface area (Å²) < 4.78 is 3.70. The molecule has 0 unspecified atom stereocenters. The van der Waals surface area contributed by atoms with Gasteiger partial charge in [0.2, 0.25) is 0 Å². The Balaban J connectivity index is 1.85. The summed E-state index contributed by atoms with van der Waals surface area (Å²) in [7, 11) is 3.43. The van der Waals surface area contributed by atoms with Crippen LogP contribution in [-0.4, -0.2) is 48.8 Å². The number of amides is 1. The molecule has 0 aliphatic heterocycles. The van der Waals surface area contributed by atoms with Gasteiger partial charge in [0.15, 0.2) is 11.5 Å². The Bertz CT molecular complexity index is 1050. The Labute approximate surface area is 144 Å². The van der Waals surface area contributed by atoms with E-state index in [9.17, 15) is 4.79 Å². The third-order valence-electron chi connectivity index (χ3n) is 3.88. The first-order valence-corrected chi connectivity index (χ1v) is 7.79. The van der Waals surface area contributed by atoms with Crippen LogP contribution in [0.4, 0.5) is 0 Å². The fourth-order valence-corrected chi connectivity index (χ4v) is 2.66. The highest BCUT2D eigenvalue weighted by Gasteiger charge is 2.20. The first-order chi connectivity index (χ1) is 12.1. The van der Waals surface area contributed by atoms with Gasteiger partial charge in [-0.3, -0.25) is 13.8 Å². The molecule has 0 saturated carbocycles. The molecule has 7 nitrogen and oxygen atoms in total. The number of carbonyl (C=O) groups is 1. The second-order valence-electron chi connectivity index (χ2n) is 5.79. The Morgan fingerprint density at radius 3 is 2.68 bits per heavy atom. The van der Waals surface area contributed by atoms with Crippen molar-refractivity contribution >= 4 is 11.4 Å². The number of hydrogen-bond donors (Lipinski definition) is 0. The summed E-state index contributed by atoms with van der Waals surface area (Å²) in [5.74, 6) is 1.25. The zero-order valence-corrected chi connectivity index (χ0v) is 13.9. The van der Waals surface area contributed by atoms with Gasteiger partial charge in [0.05, 0.1) is 5.52 Å². The maximum atomic E-state index is 12.4. The Morgan fingerprint density at radius 1 is 1.08 bits per heavy atom. The van der Waals surface area contributed by atoms with Crippen molar-refractivity contribution in [2.45, 2.75) is 0 Å². The molecule has 0 saturated heterocycles. The Kier molecular flexibility index (Phi) is 3.53. The van der Waals surface area contributed by atoms with Gasteiger partial charge in [-0.1, -0.05) is 12.1 Å². The number of hydrogen-bond acceptors (Lipinski definition) is 4. The van der Waals surface area contributed by atoms with Crippen molar-refractivity contribution < 1.29 is 4.79 Å². The number of rotatable bonds is 3. The fraction of sp³-hybridized carbons (Fsp3) is 0.111. The number of aromatic nitrogens is 5. The topological polar surface area (TPSA) is 68.3 Å². The Hall–Kier alpha value is -3.48. The van der Waals surface area contributed by atoms with E-state index in [2.05, 4.69) is 15.0 Å². The first kappa shape index (κ1) is 15.1. The number of fused-ring (bicyclic) bond motifs is 1. The van der Waals surface area contributed by atoms with Gasteiger partial charge in [-0.25, -0.2) is 15.0 Å². The number of carbonyl (C=O) groups excluding carboxylic acids is 1. The molecular weight excluding hydrogens is 316 g/mol. The van der Waals surface area contributed by atoms with Crippen LogP contribution in [0.15, 0.2) is 61.3 Å². The lowest BCUT2D eigenvalue weighted by Crippen LogP contribution is -2.22. The highest BCUT2D eigenvalue weighted by molar-refractivity contribution is 5.99. The number of pyridine rings is 2. The van der Waals surface area contributed by atoms with Crippen LogP contribution >= 0.6 is 0 Å². The minimum absolute atomic E-state index is 0.140. The second-order valence-corrected chi connectivity index (χ2v) is 5.79. The summed E-state index contributed by atoms with van der Waals surface area (Å²) in [4.78, 5) is 27.3. The average Bonchev–Trinajstić information content (AvgIpc) is 3.26. The van der Waals surface area contributed by atoms with Gasteiger partial charge in [-0.15, -0.1) is 0 Å². The zero-order chi connectivity index (χ0) is 17.4. The molecule has 4 aromatic rings. The van der Waals surface area contributed by atoms with Crippen LogP contribution in [0.25, 0.3) is 22.9 Å². The van der Waals surface area contributed by atoms with Crippen molar-refractivity contribution in [1.82, 2.24) is 28.8 Å². The van der Waals surface area contributed by atoms with Crippen molar-refractivity contribution in [3.05, 3.63) is 67.0 Å². The van der Waals surface area contributed by atoms with Gasteiger partial charge in [0.1, 0.15) is 17.8 Å². The van der Waals surface area contributed by atoms with Gasteiger partial charge < -0.3 is 4.90 Å². The molecule has 0 N–H and O–H groups in total. The van der Waals surface area contributed by atoms with Crippen LogP contribution in [0.5, 0.6) is 0 Å². The maximum absolute atomic E-state index is 12.4. The van der Waals surface area contributed by atoms with Gasteiger partial charge in [-0.2, -0.15) is 0 Å². The molecule has 0 fully saturated rings. The lowest BCUT2D eigenvalue weighted by molar-refractivity contribution is 0.0824. The molecule has 0 aliphatic rings. The van der Waals surface area contributed by atoms with Crippen molar-refractivity contribution in [2.75, 3.05) is 14.1 Å². The van der Waals surface area contributed by atoms with E-state index in [4.69, 9.17) is 0 Å². The van der Waals surface area contributed by atoms with Gasteiger partial charge in [0, 0.05) is 32.7 Å². The van der Waals surface area contributed by atoms with E-state index >= 15 is 0 Å². The Morgan fingerprint density at radius 2 is 1.92 bits per heavy atom. The van der Waals surface area contributed by atoms with E-state index in [1.165, 1.54) is 4.90 Å². The molecule has 0 aliphatic carbocycles. The van der Waals surface area contributed by atoms with Gasteiger partial charge >= 0.3 is 0 Å². The van der Waals surface area contributed by atoms with Crippen LogP contribution in [0, 0.1) is 0 Å². The third kappa shape index (κ3) is 2.55. The van der Waals surface area contributed by atoms with Gasteiger partial charge in [0.25, 0.3) is 5.91 Å². The van der Waals surface area contributed by atoms with Crippen molar-refractivity contribution in [3.8, 4) is 17.3 Å². The van der Waals surface area contributed by atoms with E-state index in [0.29, 0.717) is 17.2 Å². The predicted octanol–water partition coefficient (Wildman–Crippen LogP) is 2.28. The van der Waals surface area contributed by atoms with Crippen LogP contribution < -0.4 is 0 Å². The summed E-state index contributed by atoms with van der Waals surface area (Å²) in [6, 6.07) is 11.3. The molecule has 0 spiro atoms. The minimum atomic E-state index is -0.140. The molecule has 0 aromatic carbocycles. The summed E-state index contributed by atoms with van der Waals surface area (Å²) >= 11 is 0. The van der Waals surface area contributed by atoms with Crippen molar-refractivity contribution in [1.29, 1.82) is 0 Å². The number of nitrogens with zero attached hydrogens (tertiary/aromatic N) is 6. The minimum Gasteiger partial charge on any atom is -0.343 e. The third-order valence-corrected chi connectivity index (χ3v) is 3.88. The lowest BCUT2D eigenvalue weighted by Gasteiger charge is -2.07. The molecule has 4 aromatic heterocycles. The maximum Gasteiger partial charge on any atom is 0.274 e. The quantitative estimate of drug-likeness (QED) is 0.577. The molecule has 25 heavy (non-hydrogen) atoms. The highest BCUT2D eigenvalue weighted by Crippen LogP contribution is 2.22. The summed E-state index contributed by atoms with van der Waals surface area (Å²) in [5.41, 5.74) is 1.83. The van der Waals surface area contributed by atoms with Crippen molar-refractivity contribution in [2.24, 2.45) is 0 Å².